The third-order valence-corrected chi connectivity index (χ3v) is 3.30. The molecule has 1 N–H and O–H groups in total. The number of ether oxygens (including phenoxy) is 1. The van der Waals surface area contributed by atoms with Crippen LogP contribution in [-0.4, -0.2) is 23.8 Å². The lowest BCUT2D eigenvalue weighted by Gasteiger charge is -2.27. The van der Waals surface area contributed by atoms with E-state index in [9.17, 15) is 9.90 Å². The second kappa shape index (κ2) is 2.84. The molecule has 3 nitrogen and oxygen atoms in total. The molecular formula is C10H14O3. The van der Waals surface area contributed by atoms with Gasteiger partial charge in [0.2, 0.25) is 0 Å². The molecule has 0 amide bonds. The van der Waals surface area contributed by atoms with Gasteiger partial charge in [0.25, 0.3) is 0 Å². The van der Waals surface area contributed by atoms with Gasteiger partial charge in [-0.1, -0.05) is 13.5 Å². The highest BCUT2D eigenvalue weighted by Crippen LogP contribution is 2.43. The maximum Gasteiger partial charge on any atom is 0.310 e. The van der Waals surface area contributed by atoms with Crippen molar-refractivity contribution in [1.82, 2.24) is 0 Å². The Labute approximate surface area is 77.4 Å². The number of aliphatic hydroxyl groups excluding tert-OH is 1. The molecule has 2 fully saturated rings. The van der Waals surface area contributed by atoms with E-state index in [1.54, 1.807) is 0 Å². The van der Waals surface area contributed by atoms with Gasteiger partial charge >= 0.3 is 5.97 Å². The Morgan fingerprint density at radius 1 is 1.62 bits per heavy atom. The van der Waals surface area contributed by atoms with Crippen molar-refractivity contribution < 1.29 is 14.6 Å². The summed E-state index contributed by atoms with van der Waals surface area (Å²) >= 11 is 0. The van der Waals surface area contributed by atoms with Crippen LogP contribution in [0.1, 0.15) is 13.3 Å². The monoisotopic (exact) mass is 182 g/mol. The van der Waals surface area contributed by atoms with Crippen LogP contribution >= 0.6 is 0 Å². The average Bonchev–Trinajstić information content (AvgIpc) is 2.38. The third-order valence-electron chi connectivity index (χ3n) is 3.30. The molecule has 1 heterocycles. The lowest BCUT2D eigenvalue weighted by Crippen LogP contribution is -2.33. The van der Waals surface area contributed by atoms with Gasteiger partial charge in [-0.25, -0.2) is 0 Å². The lowest BCUT2D eigenvalue weighted by molar-refractivity contribution is -0.153. The molecule has 0 aromatic heterocycles. The van der Waals surface area contributed by atoms with Gasteiger partial charge < -0.3 is 9.84 Å². The molecule has 0 aromatic carbocycles. The van der Waals surface area contributed by atoms with Gasteiger partial charge in [-0.2, -0.15) is 0 Å². The number of aliphatic hydroxyl groups is 1. The summed E-state index contributed by atoms with van der Waals surface area (Å²) in [7, 11) is 0. The van der Waals surface area contributed by atoms with E-state index in [1.165, 1.54) is 0 Å². The van der Waals surface area contributed by atoms with Crippen molar-refractivity contribution in [3.63, 3.8) is 0 Å². The van der Waals surface area contributed by atoms with Crippen LogP contribution in [0.25, 0.3) is 0 Å². The van der Waals surface area contributed by atoms with Gasteiger partial charge in [-0.3, -0.25) is 4.79 Å². The average molecular weight is 182 g/mol. The summed E-state index contributed by atoms with van der Waals surface area (Å²) in [5.41, 5.74) is 0.952. The standard InChI is InChI=1S/C10H14O3/c1-5-4-13-10(12)9-6(2)8(11)3-7(5)9/h6-9,11H,1,3-4H2,2H3/t6-,7-,8-,9-/m1/s1. The molecule has 2 rings (SSSR count). The van der Waals surface area contributed by atoms with E-state index in [2.05, 4.69) is 6.58 Å². The number of esters is 1. The number of hydrogen-bond donors (Lipinski definition) is 1. The van der Waals surface area contributed by atoms with E-state index in [4.69, 9.17) is 4.74 Å². The van der Waals surface area contributed by atoms with E-state index in [1.807, 2.05) is 6.92 Å². The van der Waals surface area contributed by atoms with Gasteiger partial charge in [0, 0.05) is 0 Å². The van der Waals surface area contributed by atoms with Crippen molar-refractivity contribution in [3.8, 4) is 0 Å². The molecule has 72 valence electrons. The Morgan fingerprint density at radius 2 is 2.31 bits per heavy atom. The minimum absolute atomic E-state index is 0.00884. The van der Waals surface area contributed by atoms with Gasteiger partial charge in [-0.15, -0.1) is 0 Å². The van der Waals surface area contributed by atoms with Gasteiger partial charge in [0.05, 0.1) is 12.0 Å². The van der Waals surface area contributed by atoms with E-state index in [0.29, 0.717) is 13.0 Å². The molecule has 0 bridgehead atoms. The minimum atomic E-state index is -0.377. The number of rotatable bonds is 0. The second-order valence-corrected chi connectivity index (χ2v) is 4.06. The Balaban J connectivity index is 2.27. The number of carbonyl (C=O) groups is 1. The van der Waals surface area contributed by atoms with E-state index >= 15 is 0 Å². The summed E-state index contributed by atoms with van der Waals surface area (Å²) in [5, 5.41) is 9.62. The Bertz CT molecular complexity index is 259. The van der Waals surface area contributed by atoms with Crippen molar-refractivity contribution in [2.75, 3.05) is 6.61 Å². The fourth-order valence-corrected chi connectivity index (χ4v) is 2.39. The van der Waals surface area contributed by atoms with Crippen LogP contribution < -0.4 is 0 Å². The Kier molecular flexibility index (Phi) is 1.91. The summed E-state index contributed by atoms with van der Waals surface area (Å²) in [6.07, 6.45) is 0.289. The molecule has 13 heavy (non-hydrogen) atoms. The molecule has 3 heteroatoms. The largest absolute Gasteiger partial charge is 0.461 e. The summed E-state index contributed by atoms with van der Waals surface area (Å²) in [6, 6.07) is 0. The summed E-state index contributed by atoms with van der Waals surface area (Å²) in [6.45, 7) is 6.10. The Morgan fingerprint density at radius 3 is 2.92 bits per heavy atom. The van der Waals surface area contributed by atoms with E-state index < -0.39 is 0 Å². The predicted molar refractivity (Wildman–Crippen MR) is 46.9 cm³/mol. The van der Waals surface area contributed by atoms with Crippen molar-refractivity contribution in [1.29, 1.82) is 0 Å². The zero-order valence-electron chi connectivity index (χ0n) is 7.69. The van der Waals surface area contributed by atoms with Crippen molar-refractivity contribution in [3.05, 3.63) is 12.2 Å². The first-order valence-electron chi connectivity index (χ1n) is 4.63. The smallest absolute Gasteiger partial charge is 0.310 e. The van der Waals surface area contributed by atoms with Crippen LogP contribution in [0.15, 0.2) is 12.2 Å². The molecule has 0 unspecified atom stereocenters. The predicted octanol–water partition coefficient (Wildman–Crippen LogP) is 0.732. The van der Waals surface area contributed by atoms with Gasteiger partial charge in [0.15, 0.2) is 0 Å². The van der Waals surface area contributed by atoms with Crippen LogP contribution in [0, 0.1) is 17.8 Å². The molecule has 1 aliphatic carbocycles. The van der Waals surface area contributed by atoms with Crippen molar-refractivity contribution in [2.45, 2.75) is 19.4 Å². The summed E-state index contributed by atoms with van der Waals surface area (Å²) in [4.78, 5) is 11.4. The van der Waals surface area contributed by atoms with Crippen molar-refractivity contribution in [2.24, 2.45) is 17.8 Å². The molecule has 4 atom stereocenters. The van der Waals surface area contributed by atoms with Crippen LogP contribution in [0.5, 0.6) is 0 Å². The molecule has 2 aliphatic rings. The minimum Gasteiger partial charge on any atom is -0.461 e. The molecule has 0 spiro atoms. The highest BCUT2D eigenvalue weighted by molar-refractivity contribution is 5.75. The topological polar surface area (TPSA) is 46.5 Å². The first kappa shape index (κ1) is 8.75. The molecule has 1 saturated heterocycles. The molecule has 1 aliphatic heterocycles. The third kappa shape index (κ3) is 1.18. The summed E-state index contributed by atoms with van der Waals surface area (Å²) < 4.78 is 4.97. The molecule has 0 aromatic rings. The molecular weight excluding hydrogens is 168 g/mol. The summed E-state index contributed by atoms with van der Waals surface area (Å²) in [5.74, 6) is -0.168. The Hall–Kier alpha value is -0.830. The zero-order chi connectivity index (χ0) is 9.59. The fourth-order valence-electron chi connectivity index (χ4n) is 2.39. The fraction of sp³-hybridized carbons (Fsp3) is 0.700. The highest BCUT2D eigenvalue weighted by atomic mass is 16.5. The number of cyclic esters (lactones) is 1. The quantitative estimate of drug-likeness (QED) is 0.444. The zero-order valence-corrected chi connectivity index (χ0v) is 7.69. The van der Waals surface area contributed by atoms with E-state index in [0.717, 1.165) is 5.57 Å². The molecule has 1 saturated carbocycles. The number of hydrogen-bond acceptors (Lipinski definition) is 3. The van der Waals surface area contributed by atoms with Crippen molar-refractivity contribution >= 4 is 5.97 Å². The number of fused-ring (bicyclic) bond motifs is 1. The molecule has 0 radical (unpaired) electrons. The van der Waals surface area contributed by atoms with Crippen LogP contribution in [0.3, 0.4) is 0 Å². The maximum atomic E-state index is 11.4. The van der Waals surface area contributed by atoms with Crippen LogP contribution in [0.4, 0.5) is 0 Å². The second-order valence-electron chi connectivity index (χ2n) is 4.06. The van der Waals surface area contributed by atoms with Crippen LogP contribution in [-0.2, 0) is 9.53 Å². The van der Waals surface area contributed by atoms with E-state index in [-0.39, 0.29) is 29.8 Å². The first-order chi connectivity index (χ1) is 6.11. The number of carbonyl (C=O) groups excluding carboxylic acids is 1. The lowest BCUT2D eigenvalue weighted by atomic mass is 9.84. The SMILES string of the molecule is C=C1COC(=O)[C@@H]2[C@H](C)[C@H](O)C[C@H]12. The van der Waals surface area contributed by atoms with Crippen LogP contribution in [0.2, 0.25) is 0 Å². The highest BCUT2D eigenvalue weighted by Gasteiger charge is 2.48. The maximum absolute atomic E-state index is 11.4. The van der Waals surface area contributed by atoms with Gasteiger partial charge in [-0.05, 0) is 23.8 Å². The normalized spacial score (nSPS) is 44.5. The first-order valence-corrected chi connectivity index (χ1v) is 4.63. The van der Waals surface area contributed by atoms with Gasteiger partial charge in [0.1, 0.15) is 6.61 Å².